The molecule has 7 N–H and O–H groups in total. The van der Waals surface area contributed by atoms with E-state index in [0.29, 0.717) is 23.2 Å². The number of benzene rings is 2. The summed E-state index contributed by atoms with van der Waals surface area (Å²) >= 11 is 0. The number of anilines is 1. The number of esters is 1. The van der Waals surface area contributed by atoms with Gasteiger partial charge < -0.3 is 36.3 Å². The number of hydrogen-bond acceptors (Lipinski definition) is 10. The first-order valence-electron chi connectivity index (χ1n) is 16.2. The number of amides is 6. The van der Waals surface area contributed by atoms with Crippen LogP contribution in [0.5, 0.6) is 0 Å². The van der Waals surface area contributed by atoms with Crippen LogP contribution in [-0.4, -0.2) is 82.9 Å². The Morgan fingerprint density at radius 1 is 1.02 bits per heavy atom. The molecule has 272 valence electrons. The number of aliphatic carboxylic acids is 1. The Hall–Kier alpha value is -6.00. The van der Waals surface area contributed by atoms with Crippen molar-refractivity contribution in [2.45, 2.75) is 89.3 Å². The van der Waals surface area contributed by atoms with Gasteiger partial charge in [-0.15, -0.1) is 0 Å². The van der Waals surface area contributed by atoms with Gasteiger partial charge in [-0.25, -0.2) is 15.0 Å². The highest BCUT2D eigenvalue weighted by molar-refractivity contribution is 6.08. The number of carbonyl (C=O) groups excluding carboxylic acids is 6. The third kappa shape index (κ3) is 10.7. The average molecular weight is 708 g/mol. The first-order chi connectivity index (χ1) is 24.1. The second-order valence-corrected chi connectivity index (χ2v) is 13.0. The van der Waals surface area contributed by atoms with Crippen molar-refractivity contribution in [3.8, 4) is 0 Å². The van der Waals surface area contributed by atoms with Crippen LogP contribution in [0, 0.1) is 0 Å². The van der Waals surface area contributed by atoms with Crippen molar-refractivity contribution in [1.82, 2.24) is 21.4 Å². The second-order valence-electron chi connectivity index (χ2n) is 13.0. The normalized spacial score (nSPS) is 17.7. The number of hydrogen-bond donors (Lipinski definition) is 6. The van der Waals surface area contributed by atoms with Gasteiger partial charge in [0, 0.05) is 12.6 Å². The van der Waals surface area contributed by atoms with Crippen LogP contribution in [0.4, 0.5) is 15.3 Å². The Balaban J connectivity index is 1.52. The van der Waals surface area contributed by atoms with Crippen molar-refractivity contribution in [2.24, 2.45) is 10.8 Å². The van der Waals surface area contributed by atoms with Crippen LogP contribution in [0.15, 0.2) is 53.6 Å². The Morgan fingerprint density at radius 3 is 2.39 bits per heavy atom. The maximum Gasteiger partial charge on any atom is 0.408 e. The van der Waals surface area contributed by atoms with Gasteiger partial charge in [-0.1, -0.05) is 48.5 Å². The zero-order valence-electron chi connectivity index (χ0n) is 28.3. The highest BCUT2D eigenvalue weighted by atomic mass is 16.6. The zero-order valence-corrected chi connectivity index (χ0v) is 28.3. The number of rotatable bonds is 13. The van der Waals surface area contributed by atoms with Crippen molar-refractivity contribution in [1.29, 1.82) is 0 Å². The molecule has 0 radical (unpaired) electrons. The fourth-order valence-electron chi connectivity index (χ4n) is 5.71. The van der Waals surface area contributed by atoms with E-state index in [1.807, 2.05) is 5.43 Å². The standard InChI is InChI=1S/C34H41N7O10/c1-34(2,3)51-27(44)15-22(17-36-40-32(35)48)37-30(46)25-14-21-11-7-10-20-12-13-23(31(47)41(25)28(20)21)38-29(45)24(16-26(42)43)39-33(49)50-18-19-8-5-4-6-9-19/h4-11,17,22-25H,12-16,18H2,1-3H3,(H,37,46)(H,38,45)(H,39,49)(H,42,43)(H3,35,40,48)/b36-17+/t22-,23-,24-,25-/m0/s1. The van der Waals surface area contributed by atoms with Crippen molar-refractivity contribution < 1.29 is 48.1 Å². The quantitative estimate of drug-likeness (QED) is 0.0980. The summed E-state index contributed by atoms with van der Waals surface area (Å²) in [5, 5.41) is 20.7. The summed E-state index contributed by atoms with van der Waals surface area (Å²) in [5.74, 6) is -4.29. The van der Waals surface area contributed by atoms with Crippen LogP contribution in [-0.2, 0) is 52.9 Å². The fourth-order valence-corrected chi connectivity index (χ4v) is 5.71. The molecule has 2 aromatic carbocycles. The zero-order chi connectivity index (χ0) is 37.3. The molecule has 0 aromatic heterocycles. The first kappa shape index (κ1) is 37.8. The number of nitrogens with two attached hydrogens (primary N) is 1. The fraction of sp³-hybridized carbons (Fsp3) is 0.412. The van der Waals surface area contributed by atoms with E-state index in [-0.39, 0.29) is 25.9 Å². The van der Waals surface area contributed by atoms with Crippen molar-refractivity contribution in [2.75, 3.05) is 4.90 Å². The van der Waals surface area contributed by atoms with Gasteiger partial charge in [-0.05, 0) is 50.3 Å². The van der Waals surface area contributed by atoms with Crippen LogP contribution in [0.25, 0.3) is 0 Å². The van der Waals surface area contributed by atoms with E-state index in [0.717, 1.165) is 11.8 Å². The third-order valence-corrected chi connectivity index (χ3v) is 7.79. The number of para-hydroxylation sites is 1. The lowest BCUT2D eigenvalue weighted by atomic mass is 10.0. The second kappa shape index (κ2) is 16.6. The molecular formula is C34H41N7O10. The molecule has 17 nitrogen and oxygen atoms in total. The lowest BCUT2D eigenvalue weighted by Crippen LogP contribution is -2.58. The van der Waals surface area contributed by atoms with Gasteiger partial charge >= 0.3 is 24.1 Å². The molecule has 0 saturated heterocycles. The molecule has 0 aliphatic carbocycles. The van der Waals surface area contributed by atoms with Crippen molar-refractivity contribution in [3.63, 3.8) is 0 Å². The maximum atomic E-state index is 14.2. The SMILES string of the molecule is CC(C)(C)OC(=O)C[C@@H](/C=N/NC(N)=O)NC(=O)[C@@H]1Cc2cccc3c2N1C(=O)[C@@H](NC(=O)[C@H](CC(=O)O)NC(=O)OCc1ccccc1)CC3. The minimum atomic E-state index is -1.58. The average Bonchev–Trinajstić information content (AvgIpc) is 3.38. The van der Waals surface area contributed by atoms with E-state index < -0.39 is 78.0 Å². The number of carboxylic acids is 1. The molecule has 2 heterocycles. The molecule has 0 spiro atoms. The topological polar surface area (TPSA) is 248 Å². The molecule has 2 aliphatic rings. The highest BCUT2D eigenvalue weighted by Gasteiger charge is 2.45. The van der Waals surface area contributed by atoms with E-state index in [1.54, 1.807) is 69.3 Å². The summed E-state index contributed by atoms with van der Waals surface area (Å²) in [5.41, 5.74) is 8.89. The summed E-state index contributed by atoms with van der Waals surface area (Å²) in [6.45, 7) is 4.89. The van der Waals surface area contributed by atoms with E-state index in [4.69, 9.17) is 15.2 Å². The van der Waals surface area contributed by atoms with Crippen LogP contribution in [0.2, 0.25) is 0 Å². The minimum absolute atomic E-state index is 0.105. The smallest absolute Gasteiger partial charge is 0.408 e. The molecule has 6 amide bonds. The highest BCUT2D eigenvalue weighted by Crippen LogP contribution is 2.39. The number of urea groups is 1. The molecular weight excluding hydrogens is 666 g/mol. The van der Waals surface area contributed by atoms with Gasteiger partial charge in [0.1, 0.15) is 30.3 Å². The Labute approximate surface area is 293 Å². The van der Waals surface area contributed by atoms with E-state index in [9.17, 15) is 38.7 Å². The number of nitrogens with one attached hydrogen (secondary N) is 4. The van der Waals surface area contributed by atoms with Crippen LogP contribution >= 0.6 is 0 Å². The van der Waals surface area contributed by atoms with Gasteiger partial charge in [0.25, 0.3) is 0 Å². The minimum Gasteiger partial charge on any atom is -0.481 e. The molecule has 0 bridgehead atoms. The number of nitrogens with zero attached hydrogens (tertiary/aromatic N) is 2. The van der Waals surface area contributed by atoms with Gasteiger partial charge in [0.15, 0.2) is 0 Å². The number of alkyl carbamates (subject to hydrolysis) is 1. The summed E-state index contributed by atoms with van der Waals surface area (Å²) in [7, 11) is 0. The van der Waals surface area contributed by atoms with E-state index in [2.05, 4.69) is 21.1 Å². The third-order valence-electron chi connectivity index (χ3n) is 7.79. The van der Waals surface area contributed by atoms with Crippen LogP contribution in [0.3, 0.4) is 0 Å². The molecule has 0 fully saturated rings. The number of carbonyl (C=O) groups is 7. The molecule has 2 aromatic rings. The van der Waals surface area contributed by atoms with E-state index in [1.165, 1.54) is 4.90 Å². The van der Waals surface area contributed by atoms with Gasteiger partial charge in [-0.2, -0.15) is 5.10 Å². The van der Waals surface area contributed by atoms with Gasteiger partial charge in [0.2, 0.25) is 17.7 Å². The number of ether oxygens (including phenoxy) is 2. The lowest BCUT2D eigenvalue weighted by Gasteiger charge is -2.29. The molecule has 4 rings (SSSR count). The molecule has 0 saturated carbocycles. The number of carboxylic acid groups (broad SMARTS) is 1. The Kier molecular flexibility index (Phi) is 12.3. The summed E-state index contributed by atoms with van der Waals surface area (Å²) in [6, 6.07) is 8.12. The summed E-state index contributed by atoms with van der Waals surface area (Å²) in [4.78, 5) is 90.7. The molecule has 2 aliphatic heterocycles. The van der Waals surface area contributed by atoms with Gasteiger partial charge in [-0.3, -0.25) is 28.9 Å². The lowest BCUT2D eigenvalue weighted by molar-refractivity contribution is -0.155. The van der Waals surface area contributed by atoms with Gasteiger partial charge in [0.05, 0.1) is 24.6 Å². The number of aryl methyl sites for hydroxylation is 1. The van der Waals surface area contributed by atoms with E-state index >= 15 is 0 Å². The monoisotopic (exact) mass is 707 g/mol. The van der Waals surface area contributed by atoms with Crippen LogP contribution < -0.4 is 32.0 Å². The molecule has 51 heavy (non-hydrogen) atoms. The first-order valence-corrected chi connectivity index (χ1v) is 16.2. The predicted octanol–water partition coefficient (Wildman–Crippen LogP) is 1.02. The summed E-state index contributed by atoms with van der Waals surface area (Å²) in [6.07, 6.45) is -0.545. The molecule has 0 unspecified atom stereocenters. The Morgan fingerprint density at radius 2 is 1.73 bits per heavy atom. The van der Waals surface area contributed by atoms with Crippen LogP contribution in [0.1, 0.15) is 56.7 Å². The summed E-state index contributed by atoms with van der Waals surface area (Å²) < 4.78 is 10.5. The number of primary amides is 1. The molecule has 4 atom stereocenters. The Bertz CT molecular complexity index is 1690. The van der Waals surface area contributed by atoms with Crippen molar-refractivity contribution in [3.05, 3.63) is 65.2 Å². The largest absolute Gasteiger partial charge is 0.481 e. The number of hydrazone groups is 1. The predicted molar refractivity (Wildman–Crippen MR) is 181 cm³/mol. The maximum absolute atomic E-state index is 14.2. The van der Waals surface area contributed by atoms with Crippen molar-refractivity contribution >= 4 is 53.7 Å². The molecule has 17 heteroatoms.